The lowest BCUT2D eigenvalue weighted by atomic mass is 10.2. The van der Waals surface area contributed by atoms with Crippen LogP contribution in [0.4, 0.5) is 0 Å². The number of esters is 1. The average molecular weight is 273 g/mol. The van der Waals surface area contributed by atoms with Crippen LogP contribution in [0.5, 0.6) is 0 Å². The molecule has 5 nitrogen and oxygen atoms in total. The summed E-state index contributed by atoms with van der Waals surface area (Å²) in [5.41, 5.74) is 0.977. The van der Waals surface area contributed by atoms with Crippen molar-refractivity contribution in [2.45, 2.75) is 19.6 Å². The highest BCUT2D eigenvalue weighted by Crippen LogP contribution is 2.05. The molecule has 1 atom stereocenters. The molecule has 0 spiro atoms. The van der Waals surface area contributed by atoms with Gasteiger partial charge in [0.2, 0.25) is 5.76 Å². The second kappa shape index (κ2) is 6.56. The van der Waals surface area contributed by atoms with E-state index < -0.39 is 12.1 Å². The third-order valence-electron chi connectivity index (χ3n) is 2.68. The average Bonchev–Trinajstić information content (AvgIpc) is 3.00. The Morgan fingerprint density at radius 1 is 1.20 bits per heavy atom. The lowest BCUT2D eigenvalue weighted by molar-refractivity contribution is -0.129. The van der Waals surface area contributed by atoms with Crippen molar-refractivity contribution >= 4 is 11.9 Å². The number of benzene rings is 1. The summed E-state index contributed by atoms with van der Waals surface area (Å²) in [6.45, 7) is 1.91. The number of amides is 1. The topological polar surface area (TPSA) is 68.5 Å². The van der Waals surface area contributed by atoms with Crippen LogP contribution in [0.3, 0.4) is 0 Å². The first-order chi connectivity index (χ1) is 9.66. The van der Waals surface area contributed by atoms with Crippen molar-refractivity contribution in [3.8, 4) is 0 Å². The number of furan rings is 1. The van der Waals surface area contributed by atoms with Gasteiger partial charge in [-0.3, -0.25) is 4.79 Å². The second-order valence-electron chi connectivity index (χ2n) is 4.23. The molecule has 5 heteroatoms. The van der Waals surface area contributed by atoms with E-state index in [1.165, 1.54) is 19.3 Å². The number of hydrogen-bond acceptors (Lipinski definition) is 4. The molecule has 1 unspecified atom stereocenters. The van der Waals surface area contributed by atoms with E-state index in [1.807, 2.05) is 30.3 Å². The normalized spacial score (nSPS) is 11.7. The fourth-order valence-electron chi connectivity index (χ4n) is 1.60. The summed E-state index contributed by atoms with van der Waals surface area (Å²) in [5, 5.41) is 2.70. The summed E-state index contributed by atoms with van der Waals surface area (Å²) in [6, 6.07) is 12.6. The highest BCUT2D eigenvalue weighted by Gasteiger charge is 2.19. The van der Waals surface area contributed by atoms with Crippen molar-refractivity contribution in [2.24, 2.45) is 0 Å². The molecule has 0 aliphatic rings. The minimum absolute atomic E-state index is 0.0766. The van der Waals surface area contributed by atoms with Gasteiger partial charge in [-0.15, -0.1) is 0 Å². The summed E-state index contributed by atoms with van der Waals surface area (Å²) in [4.78, 5) is 23.4. The molecule has 0 bridgehead atoms. The van der Waals surface area contributed by atoms with Crippen LogP contribution in [0.15, 0.2) is 53.1 Å². The third-order valence-corrected chi connectivity index (χ3v) is 2.68. The lowest BCUT2D eigenvalue weighted by Crippen LogP contribution is -2.35. The van der Waals surface area contributed by atoms with Gasteiger partial charge in [-0.2, -0.15) is 0 Å². The van der Waals surface area contributed by atoms with Gasteiger partial charge in [0.1, 0.15) is 0 Å². The molecule has 1 aromatic heterocycles. The van der Waals surface area contributed by atoms with Gasteiger partial charge in [-0.05, 0) is 24.6 Å². The molecule has 2 aromatic rings. The van der Waals surface area contributed by atoms with Crippen molar-refractivity contribution in [1.82, 2.24) is 5.32 Å². The standard InChI is InChI=1S/C15H15NO4/c1-11(20-15(18)13-8-5-9-19-13)14(17)16-10-12-6-3-2-4-7-12/h2-9,11H,10H2,1H3,(H,16,17). The molecule has 0 aliphatic heterocycles. The summed E-state index contributed by atoms with van der Waals surface area (Å²) in [5.74, 6) is -0.932. The van der Waals surface area contributed by atoms with Crippen LogP contribution in [-0.2, 0) is 16.1 Å². The molecular weight excluding hydrogens is 258 g/mol. The lowest BCUT2D eigenvalue weighted by Gasteiger charge is -2.12. The Morgan fingerprint density at radius 2 is 1.95 bits per heavy atom. The zero-order chi connectivity index (χ0) is 14.4. The Bertz CT molecular complexity index is 563. The Balaban J connectivity index is 1.82. The van der Waals surface area contributed by atoms with Gasteiger partial charge < -0.3 is 14.5 Å². The number of nitrogens with one attached hydrogen (secondary N) is 1. The Hall–Kier alpha value is -2.56. The second-order valence-corrected chi connectivity index (χ2v) is 4.23. The minimum atomic E-state index is -0.878. The molecule has 1 amide bonds. The van der Waals surface area contributed by atoms with E-state index in [9.17, 15) is 9.59 Å². The third kappa shape index (κ3) is 3.71. The van der Waals surface area contributed by atoms with Gasteiger partial charge in [-0.1, -0.05) is 30.3 Å². The fraction of sp³-hybridized carbons (Fsp3) is 0.200. The molecule has 0 saturated carbocycles. The van der Waals surface area contributed by atoms with Crippen LogP contribution >= 0.6 is 0 Å². The molecular formula is C15H15NO4. The van der Waals surface area contributed by atoms with Gasteiger partial charge >= 0.3 is 5.97 Å². The Kier molecular flexibility index (Phi) is 4.55. The van der Waals surface area contributed by atoms with Crippen molar-refractivity contribution in [1.29, 1.82) is 0 Å². The van der Waals surface area contributed by atoms with Crippen molar-refractivity contribution in [3.05, 3.63) is 60.1 Å². The van der Waals surface area contributed by atoms with Gasteiger partial charge in [-0.25, -0.2) is 4.79 Å². The highest BCUT2D eigenvalue weighted by molar-refractivity contribution is 5.89. The number of hydrogen-bond donors (Lipinski definition) is 1. The van der Waals surface area contributed by atoms with E-state index in [2.05, 4.69) is 5.32 Å². The van der Waals surface area contributed by atoms with Crippen molar-refractivity contribution in [2.75, 3.05) is 0 Å². The van der Waals surface area contributed by atoms with Crippen LogP contribution in [-0.4, -0.2) is 18.0 Å². The van der Waals surface area contributed by atoms with Crippen LogP contribution < -0.4 is 5.32 Å². The van der Waals surface area contributed by atoms with Gasteiger partial charge in [0.25, 0.3) is 5.91 Å². The predicted octanol–water partition coefficient (Wildman–Crippen LogP) is 2.14. The molecule has 104 valence electrons. The molecule has 2 rings (SSSR count). The summed E-state index contributed by atoms with van der Waals surface area (Å²) >= 11 is 0. The van der Waals surface area contributed by atoms with Crippen LogP contribution in [0.25, 0.3) is 0 Å². The van der Waals surface area contributed by atoms with Crippen molar-refractivity contribution < 1.29 is 18.7 Å². The number of carbonyl (C=O) groups excluding carboxylic acids is 2. The van der Waals surface area contributed by atoms with E-state index >= 15 is 0 Å². The molecule has 0 aliphatic carbocycles. The smallest absolute Gasteiger partial charge is 0.374 e. The molecule has 0 radical (unpaired) electrons. The maximum Gasteiger partial charge on any atom is 0.374 e. The first-order valence-corrected chi connectivity index (χ1v) is 6.23. The SMILES string of the molecule is CC(OC(=O)c1ccco1)C(=O)NCc1ccccc1. The zero-order valence-corrected chi connectivity index (χ0v) is 11.0. The van der Waals surface area contributed by atoms with E-state index in [0.717, 1.165) is 5.56 Å². The minimum Gasteiger partial charge on any atom is -0.457 e. The molecule has 0 saturated heterocycles. The highest BCUT2D eigenvalue weighted by atomic mass is 16.6. The summed E-state index contributed by atoms with van der Waals surface area (Å²) in [7, 11) is 0. The van der Waals surface area contributed by atoms with E-state index in [0.29, 0.717) is 6.54 Å². The van der Waals surface area contributed by atoms with Crippen LogP contribution in [0, 0.1) is 0 Å². The van der Waals surface area contributed by atoms with E-state index in [4.69, 9.17) is 9.15 Å². The first kappa shape index (κ1) is 13.9. The molecule has 1 N–H and O–H groups in total. The number of ether oxygens (including phenoxy) is 1. The zero-order valence-electron chi connectivity index (χ0n) is 11.0. The molecule has 20 heavy (non-hydrogen) atoms. The van der Waals surface area contributed by atoms with Gasteiger partial charge in [0.05, 0.1) is 6.26 Å². The summed E-state index contributed by atoms with van der Waals surface area (Å²) < 4.78 is 9.90. The Labute approximate surface area is 116 Å². The largest absolute Gasteiger partial charge is 0.457 e. The van der Waals surface area contributed by atoms with Crippen LogP contribution in [0.2, 0.25) is 0 Å². The first-order valence-electron chi connectivity index (χ1n) is 6.23. The van der Waals surface area contributed by atoms with E-state index in [-0.39, 0.29) is 11.7 Å². The predicted molar refractivity (Wildman–Crippen MR) is 71.9 cm³/mol. The van der Waals surface area contributed by atoms with E-state index in [1.54, 1.807) is 6.07 Å². The van der Waals surface area contributed by atoms with Crippen molar-refractivity contribution in [3.63, 3.8) is 0 Å². The van der Waals surface area contributed by atoms with Crippen LogP contribution in [0.1, 0.15) is 23.0 Å². The number of rotatable bonds is 5. The quantitative estimate of drug-likeness (QED) is 0.847. The van der Waals surface area contributed by atoms with Gasteiger partial charge in [0, 0.05) is 6.54 Å². The maximum atomic E-state index is 11.8. The molecule has 0 fully saturated rings. The maximum absolute atomic E-state index is 11.8. The fourth-order valence-corrected chi connectivity index (χ4v) is 1.60. The number of carbonyl (C=O) groups is 2. The van der Waals surface area contributed by atoms with Gasteiger partial charge in [0.15, 0.2) is 6.10 Å². The molecule has 1 heterocycles. The summed E-state index contributed by atoms with van der Waals surface area (Å²) in [6.07, 6.45) is 0.493. The Morgan fingerprint density at radius 3 is 2.60 bits per heavy atom. The monoisotopic (exact) mass is 273 g/mol. The molecule has 1 aromatic carbocycles.